The van der Waals surface area contributed by atoms with Gasteiger partial charge in [-0.05, 0) is 32.6 Å². The first kappa shape index (κ1) is 18.8. The van der Waals surface area contributed by atoms with Crippen LogP contribution in [0.25, 0.3) is 0 Å². The Morgan fingerprint density at radius 1 is 1.31 bits per heavy atom. The Bertz CT molecular complexity index is 864. The molecule has 1 saturated carbocycles. The van der Waals surface area contributed by atoms with Crippen molar-refractivity contribution in [3.63, 3.8) is 0 Å². The minimum absolute atomic E-state index is 0.0105. The van der Waals surface area contributed by atoms with Gasteiger partial charge in [-0.3, -0.25) is 4.79 Å². The molecule has 2 aromatic rings. The van der Waals surface area contributed by atoms with Crippen LogP contribution in [-0.2, 0) is 0 Å². The van der Waals surface area contributed by atoms with Gasteiger partial charge in [0.25, 0.3) is 0 Å². The lowest BCUT2D eigenvalue weighted by Gasteiger charge is -2.16. The third-order valence-corrected chi connectivity index (χ3v) is 4.71. The largest absolute Gasteiger partial charge is 0.435 e. The van der Waals surface area contributed by atoms with Crippen molar-refractivity contribution in [2.24, 2.45) is 5.92 Å². The van der Waals surface area contributed by atoms with Gasteiger partial charge in [-0.2, -0.15) is 13.9 Å². The Morgan fingerprint density at radius 3 is 2.46 bits per heavy atom. The van der Waals surface area contributed by atoms with Crippen molar-refractivity contribution in [1.82, 2.24) is 14.8 Å². The molecule has 1 heterocycles. The first-order chi connectivity index (χ1) is 12.3. The summed E-state index contributed by atoms with van der Waals surface area (Å²) < 4.78 is 30.4. The maximum Gasteiger partial charge on any atom is 0.387 e. The lowest BCUT2D eigenvalue weighted by molar-refractivity contribution is -0.0498. The molecular weight excluding hydrogens is 389 g/mol. The van der Waals surface area contributed by atoms with Crippen LogP contribution in [0.15, 0.2) is 16.9 Å². The minimum atomic E-state index is -3.00. The van der Waals surface area contributed by atoms with E-state index in [9.17, 15) is 13.6 Å². The zero-order valence-electron chi connectivity index (χ0n) is 14.0. The molecule has 0 saturated heterocycles. The molecule has 0 unspecified atom stereocenters. The lowest BCUT2D eigenvalue weighted by Crippen LogP contribution is -2.30. The van der Waals surface area contributed by atoms with Crippen LogP contribution in [-0.4, -0.2) is 21.4 Å². The summed E-state index contributed by atoms with van der Waals surface area (Å²) in [4.78, 5) is 16.8. The highest BCUT2D eigenvalue weighted by Crippen LogP contribution is 2.39. The number of hydrogen-bond acceptors (Lipinski definition) is 5. The number of nitrogens with one attached hydrogen (secondary N) is 1. The molecule has 140 valence electrons. The Balaban J connectivity index is 1.95. The second kappa shape index (κ2) is 7.36. The summed E-state index contributed by atoms with van der Waals surface area (Å²) >= 11 is 12.2. The Morgan fingerprint density at radius 2 is 1.92 bits per heavy atom. The zero-order valence-corrected chi connectivity index (χ0v) is 15.5. The normalized spacial score (nSPS) is 15.2. The van der Waals surface area contributed by atoms with Crippen molar-refractivity contribution in [3.05, 3.63) is 38.4 Å². The topological polar surface area (TPSA) is 69.0 Å². The predicted molar refractivity (Wildman–Crippen MR) is 94.8 cm³/mol. The summed E-state index contributed by atoms with van der Waals surface area (Å²) in [5, 5.41) is 7.04. The molecule has 0 spiro atoms. The predicted octanol–water partition coefficient (Wildman–Crippen LogP) is 4.57. The van der Waals surface area contributed by atoms with E-state index in [4.69, 9.17) is 23.2 Å². The van der Waals surface area contributed by atoms with Crippen molar-refractivity contribution < 1.29 is 13.5 Å². The lowest BCUT2D eigenvalue weighted by atomic mass is 10.2. The SMILES string of the molecule is Cc1nc(Nc2c(Cl)cc(OC(F)F)cc2Cl)c(=O)n([C@@H](C)C2CC2)n1. The molecule has 1 atom stereocenters. The fourth-order valence-electron chi connectivity index (χ4n) is 2.64. The second-order valence-corrected chi connectivity index (χ2v) is 6.92. The maximum absolute atomic E-state index is 12.7. The highest BCUT2D eigenvalue weighted by Gasteiger charge is 2.31. The fraction of sp³-hybridized carbons (Fsp3) is 0.438. The molecule has 10 heteroatoms. The number of alkyl halides is 2. The highest BCUT2D eigenvalue weighted by molar-refractivity contribution is 6.39. The average Bonchev–Trinajstić information content (AvgIpc) is 3.37. The van der Waals surface area contributed by atoms with E-state index in [2.05, 4.69) is 20.1 Å². The molecule has 1 fully saturated rings. The van der Waals surface area contributed by atoms with E-state index in [1.807, 2.05) is 6.92 Å². The van der Waals surface area contributed by atoms with Crippen molar-refractivity contribution >= 4 is 34.7 Å². The van der Waals surface area contributed by atoms with Gasteiger partial charge in [-0.25, -0.2) is 9.67 Å². The van der Waals surface area contributed by atoms with Crippen molar-refractivity contribution in [3.8, 4) is 5.75 Å². The van der Waals surface area contributed by atoms with Crippen LogP contribution in [0.5, 0.6) is 5.75 Å². The van der Waals surface area contributed by atoms with E-state index in [1.165, 1.54) is 16.8 Å². The van der Waals surface area contributed by atoms with Crippen LogP contribution in [0, 0.1) is 12.8 Å². The number of halogens is 4. The molecule has 26 heavy (non-hydrogen) atoms. The summed E-state index contributed by atoms with van der Waals surface area (Å²) in [5.74, 6) is 0.660. The van der Waals surface area contributed by atoms with Crippen molar-refractivity contribution in [2.45, 2.75) is 39.3 Å². The number of nitrogens with zero attached hydrogens (tertiary/aromatic N) is 3. The van der Waals surface area contributed by atoms with Crippen LogP contribution in [0.1, 0.15) is 31.6 Å². The van der Waals surface area contributed by atoms with Gasteiger partial charge < -0.3 is 10.1 Å². The van der Waals surface area contributed by atoms with E-state index in [1.54, 1.807) is 6.92 Å². The van der Waals surface area contributed by atoms with Gasteiger partial charge in [0.1, 0.15) is 11.6 Å². The van der Waals surface area contributed by atoms with E-state index in [0.717, 1.165) is 12.8 Å². The molecule has 0 aliphatic heterocycles. The van der Waals surface area contributed by atoms with E-state index < -0.39 is 12.2 Å². The highest BCUT2D eigenvalue weighted by atomic mass is 35.5. The van der Waals surface area contributed by atoms with Gasteiger partial charge in [-0.15, -0.1) is 0 Å². The standard InChI is InChI=1S/C16H16Cl2F2N4O2/c1-7(9-3-4-9)24-15(25)14(21-8(2)23-24)22-13-11(17)5-10(6-12(13)18)26-16(19)20/h5-7,9,16H,3-4H2,1-2H3,(H,21,22,23)/t7-/m0/s1. The zero-order chi connectivity index (χ0) is 19.0. The monoisotopic (exact) mass is 404 g/mol. The van der Waals surface area contributed by atoms with Crippen LogP contribution in [0.3, 0.4) is 0 Å². The quantitative estimate of drug-likeness (QED) is 0.763. The van der Waals surface area contributed by atoms with Gasteiger partial charge in [0.2, 0.25) is 5.82 Å². The van der Waals surface area contributed by atoms with Gasteiger partial charge >= 0.3 is 12.2 Å². The molecule has 1 N–H and O–H groups in total. The summed E-state index contributed by atoms with van der Waals surface area (Å²) in [6.45, 7) is 0.608. The Hall–Kier alpha value is -1.93. The molecule has 0 bridgehead atoms. The van der Waals surface area contributed by atoms with Crippen LogP contribution in [0.2, 0.25) is 10.0 Å². The number of ether oxygens (including phenoxy) is 1. The summed E-state index contributed by atoms with van der Waals surface area (Å²) in [5.41, 5.74) is -0.231. The molecule has 3 rings (SSSR count). The Labute approximate surface area is 158 Å². The number of benzene rings is 1. The minimum Gasteiger partial charge on any atom is -0.435 e. The molecule has 6 nitrogen and oxygen atoms in total. The van der Waals surface area contributed by atoms with Gasteiger partial charge in [0.15, 0.2) is 0 Å². The van der Waals surface area contributed by atoms with Crippen LogP contribution < -0.4 is 15.6 Å². The number of aryl methyl sites for hydroxylation is 1. The fourth-order valence-corrected chi connectivity index (χ4v) is 3.20. The van der Waals surface area contributed by atoms with E-state index >= 15 is 0 Å². The van der Waals surface area contributed by atoms with Gasteiger partial charge in [0.05, 0.1) is 21.8 Å². The average molecular weight is 405 g/mol. The maximum atomic E-state index is 12.7. The number of anilines is 2. The second-order valence-electron chi connectivity index (χ2n) is 6.10. The molecule has 1 aliphatic carbocycles. The smallest absolute Gasteiger partial charge is 0.387 e. The number of aromatic nitrogens is 3. The first-order valence-corrected chi connectivity index (χ1v) is 8.70. The van der Waals surface area contributed by atoms with Gasteiger partial charge in [0, 0.05) is 12.1 Å². The summed E-state index contributed by atoms with van der Waals surface area (Å²) in [6, 6.07) is 2.32. The molecule has 1 aromatic heterocycles. The number of hydrogen-bond donors (Lipinski definition) is 1. The third kappa shape index (κ3) is 4.07. The summed E-state index contributed by atoms with van der Waals surface area (Å²) in [7, 11) is 0. The van der Waals surface area contributed by atoms with Crippen LogP contribution in [0.4, 0.5) is 20.3 Å². The van der Waals surface area contributed by atoms with Crippen molar-refractivity contribution in [1.29, 1.82) is 0 Å². The Kier molecular flexibility index (Phi) is 5.34. The molecule has 1 aromatic carbocycles. The molecule has 1 aliphatic rings. The van der Waals surface area contributed by atoms with Crippen LogP contribution >= 0.6 is 23.2 Å². The molecule has 0 amide bonds. The third-order valence-electron chi connectivity index (χ3n) is 4.11. The van der Waals surface area contributed by atoms with E-state index in [0.29, 0.717) is 11.7 Å². The van der Waals surface area contributed by atoms with Crippen molar-refractivity contribution in [2.75, 3.05) is 5.32 Å². The molecule has 0 radical (unpaired) electrons. The van der Waals surface area contributed by atoms with E-state index in [-0.39, 0.29) is 33.3 Å². The van der Waals surface area contributed by atoms with Gasteiger partial charge in [-0.1, -0.05) is 23.2 Å². The first-order valence-electron chi connectivity index (χ1n) is 7.94. The molecular formula is C16H16Cl2F2N4O2. The summed E-state index contributed by atoms with van der Waals surface area (Å²) in [6.07, 6.45) is 2.12. The number of rotatable bonds is 6.